The van der Waals surface area contributed by atoms with Crippen LogP contribution in [0.15, 0.2) is 34.4 Å². The molecule has 0 aliphatic carbocycles. The monoisotopic (exact) mass is 414 g/mol. The van der Waals surface area contributed by atoms with E-state index in [0.29, 0.717) is 10.8 Å². The maximum atomic E-state index is 3.85. The fourth-order valence-electron chi connectivity index (χ4n) is 0.609. The summed E-state index contributed by atoms with van der Waals surface area (Å²) in [6, 6.07) is 0. The van der Waals surface area contributed by atoms with Crippen molar-refractivity contribution in [3.05, 3.63) is 24.4 Å². The average Bonchev–Trinajstić information content (AvgIpc) is 3.37. The Morgan fingerprint density at radius 2 is 0.966 bits per heavy atom. The van der Waals surface area contributed by atoms with Crippen molar-refractivity contribution in [1.82, 2.24) is 0 Å². The zero-order chi connectivity index (χ0) is 24.1. The van der Waals surface area contributed by atoms with E-state index in [9.17, 15) is 0 Å². The van der Waals surface area contributed by atoms with Crippen LogP contribution in [0.3, 0.4) is 0 Å². The first-order valence-corrected chi connectivity index (χ1v) is 11.3. The molecule has 0 saturated heterocycles. The molecule has 0 radical (unpaired) electrons. The van der Waals surface area contributed by atoms with E-state index >= 15 is 0 Å². The molecule has 0 saturated carbocycles. The van der Waals surface area contributed by atoms with Gasteiger partial charge < -0.3 is 0 Å². The van der Waals surface area contributed by atoms with Crippen LogP contribution in [0.2, 0.25) is 0 Å². The third kappa shape index (κ3) is 212. The lowest BCUT2D eigenvalue weighted by atomic mass is 10.0. The summed E-state index contributed by atoms with van der Waals surface area (Å²) in [5, 5.41) is 0. The summed E-state index contributed by atoms with van der Waals surface area (Å²) < 4.78 is 0. The maximum absolute atomic E-state index is 3.85. The lowest BCUT2D eigenvalue weighted by Gasteiger charge is -2.05. The molecular weight excluding hydrogens is 352 g/mol. The zero-order valence-electron chi connectivity index (χ0n) is 22.8. The number of rotatable bonds is 0. The van der Waals surface area contributed by atoms with Crippen molar-refractivity contribution in [2.45, 2.75) is 125 Å². The normalized spacial score (nSPS) is 11.0. The van der Waals surface area contributed by atoms with Crippen molar-refractivity contribution >= 4 is 12.4 Å². The van der Waals surface area contributed by atoms with E-state index in [1.807, 2.05) is 79.8 Å². The smallest absolute Gasteiger partial charge is 0.0573 e. The van der Waals surface area contributed by atoms with Gasteiger partial charge in [-0.1, -0.05) is 130 Å². The molecule has 2 rings (SSSR count). The molecule has 2 heterocycles. The maximum Gasteiger partial charge on any atom is 0.0573 e. The van der Waals surface area contributed by atoms with E-state index in [4.69, 9.17) is 0 Å². The fourth-order valence-corrected chi connectivity index (χ4v) is 0.609. The minimum atomic E-state index is 0. The molecule has 0 bridgehead atoms. The lowest BCUT2D eigenvalue weighted by Crippen LogP contribution is -1.93. The van der Waals surface area contributed by atoms with Gasteiger partial charge in [-0.15, -0.1) is 0 Å². The molecule has 180 valence electrons. The molecule has 29 heavy (non-hydrogen) atoms. The molecule has 2 heteroatoms. The highest BCUT2D eigenvalue weighted by Crippen LogP contribution is 2.08. The molecule has 0 aromatic carbocycles. The van der Waals surface area contributed by atoms with E-state index in [0.717, 1.165) is 13.0 Å². The van der Waals surface area contributed by atoms with Gasteiger partial charge in [0, 0.05) is 25.0 Å². The Kier molecular flexibility index (Phi) is 65.7. The Hall–Kier alpha value is -1.18. The van der Waals surface area contributed by atoms with Crippen LogP contribution >= 0.6 is 0 Å². The van der Waals surface area contributed by atoms with Crippen molar-refractivity contribution in [2.75, 3.05) is 6.54 Å². The second-order valence-corrected chi connectivity index (χ2v) is 7.89. The molecule has 0 fully saturated rings. The molecule has 2 aliphatic rings. The predicted octanol–water partition coefficient (Wildman–Crippen LogP) is 10.4. The largest absolute Gasteiger partial charge is 0.289 e. The Balaban J connectivity index is -0.0000000395. The fraction of sp³-hybridized carbons (Fsp3) is 0.778. The van der Waals surface area contributed by atoms with Crippen LogP contribution in [-0.4, -0.2) is 19.0 Å². The predicted molar refractivity (Wildman–Crippen MR) is 147 cm³/mol. The van der Waals surface area contributed by atoms with Crippen molar-refractivity contribution < 1.29 is 0 Å². The van der Waals surface area contributed by atoms with E-state index in [2.05, 4.69) is 65.4 Å². The quantitative estimate of drug-likeness (QED) is 0.376. The number of hydrogen-bond acceptors (Lipinski definition) is 2. The highest BCUT2D eigenvalue weighted by molar-refractivity contribution is 5.73. The molecular formula is C27H62N2. The molecule has 0 N–H and O–H groups in total. The molecule has 0 aromatic heterocycles. The minimum absolute atomic E-state index is 0. The van der Waals surface area contributed by atoms with E-state index < -0.39 is 0 Å². The van der Waals surface area contributed by atoms with Crippen LogP contribution in [0, 0.1) is 10.8 Å². The lowest BCUT2D eigenvalue weighted by molar-refractivity contribution is 0.469. The van der Waals surface area contributed by atoms with Gasteiger partial charge in [0.15, 0.2) is 0 Å². The summed E-state index contributed by atoms with van der Waals surface area (Å²) in [5.41, 5.74) is 1.00. The summed E-state index contributed by atoms with van der Waals surface area (Å²) in [4.78, 5) is 7.62. The topological polar surface area (TPSA) is 24.7 Å². The third-order valence-electron chi connectivity index (χ3n) is 1.08. The van der Waals surface area contributed by atoms with Crippen LogP contribution in [0.5, 0.6) is 0 Å². The third-order valence-corrected chi connectivity index (χ3v) is 1.08. The Morgan fingerprint density at radius 3 is 1.03 bits per heavy atom. The Morgan fingerprint density at radius 1 is 0.621 bits per heavy atom. The number of allylic oxidation sites excluding steroid dienone is 2. The Bertz CT molecular complexity index is 255. The average molecular weight is 415 g/mol. The molecule has 2 aliphatic heterocycles. The molecule has 0 atom stereocenters. The number of aliphatic imine (C=N–C) groups is 2. The highest BCUT2D eigenvalue weighted by Gasteiger charge is 1.96. The van der Waals surface area contributed by atoms with Crippen molar-refractivity contribution in [1.29, 1.82) is 0 Å². The van der Waals surface area contributed by atoms with Crippen molar-refractivity contribution in [3.63, 3.8) is 0 Å². The first-order chi connectivity index (χ1) is 13.0. The highest BCUT2D eigenvalue weighted by atomic mass is 14.7. The van der Waals surface area contributed by atoms with Crippen LogP contribution in [0.1, 0.15) is 125 Å². The van der Waals surface area contributed by atoms with Crippen LogP contribution in [0.4, 0.5) is 0 Å². The molecule has 0 aromatic rings. The zero-order valence-corrected chi connectivity index (χ0v) is 22.8. The van der Waals surface area contributed by atoms with Gasteiger partial charge in [-0.05, 0) is 16.9 Å². The van der Waals surface area contributed by atoms with E-state index in [1.165, 1.54) is 0 Å². The van der Waals surface area contributed by atoms with Crippen molar-refractivity contribution in [2.24, 2.45) is 20.8 Å². The summed E-state index contributed by atoms with van der Waals surface area (Å²) in [6.07, 6.45) is 12.5. The van der Waals surface area contributed by atoms with Gasteiger partial charge in [0.2, 0.25) is 0 Å². The van der Waals surface area contributed by atoms with E-state index in [-0.39, 0.29) is 7.43 Å². The molecule has 0 amide bonds. The van der Waals surface area contributed by atoms with Gasteiger partial charge >= 0.3 is 0 Å². The summed E-state index contributed by atoms with van der Waals surface area (Å²) >= 11 is 0. The molecule has 2 nitrogen and oxygen atoms in total. The summed E-state index contributed by atoms with van der Waals surface area (Å²) in [5.74, 6) is 0. The van der Waals surface area contributed by atoms with Gasteiger partial charge in [-0.2, -0.15) is 0 Å². The number of hydrogen-bond donors (Lipinski definition) is 0. The summed E-state index contributed by atoms with van der Waals surface area (Å²) in [7, 11) is 0. The van der Waals surface area contributed by atoms with Gasteiger partial charge in [0.1, 0.15) is 0 Å². The first kappa shape index (κ1) is 46.2. The van der Waals surface area contributed by atoms with Gasteiger partial charge in [-0.3, -0.25) is 9.98 Å². The van der Waals surface area contributed by atoms with Gasteiger partial charge in [0.25, 0.3) is 0 Å². The van der Waals surface area contributed by atoms with Crippen LogP contribution in [-0.2, 0) is 0 Å². The summed E-state index contributed by atoms with van der Waals surface area (Å²) in [6.45, 7) is 34.4. The van der Waals surface area contributed by atoms with Crippen LogP contribution < -0.4 is 0 Å². The van der Waals surface area contributed by atoms with E-state index in [1.54, 1.807) is 12.4 Å². The molecule has 0 unspecified atom stereocenters. The molecule has 0 spiro atoms. The Labute approximate surface area is 189 Å². The second kappa shape index (κ2) is 41.2. The SMILES string of the molecule is C.C1=CCN=C1.C1=CN=CC1.CC.CC.CC.CC.CC(C)(C)C.CC(C)(C)C. The van der Waals surface area contributed by atoms with Gasteiger partial charge in [0.05, 0.1) is 6.54 Å². The van der Waals surface area contributed by atoms with Crippen molar-refractivity contribution in [3.8, 4) is 0 Å². The van der Waals surface area contributed by atoms with Crippen LogP contribution in [0.25, 0.3) is 0 Å². The number of nitrogens with zero attached hydrogens (tertiary/aromatic N) is 2. The first-order valence-electron chi connectivity index (χ1n) is 11.3. The van der Waals surface area contributed by atoms with Gasteiger partial charge in [-0.25, -0.2) is 0 Å². The minimum Gasteiger partial charge on any atom is -0.289 e. The second-order valence-electron chi connectivity index (χ2n) is 7.89. The standard InChI is InChI=1S/2C5H12.2C4H5N.4C2H6.CH4/c2*1-5(2,3)4;2*1-2-4-5-3-1;4*1-2;/h2*1-4H3;1,3-4H,2H2;1-3H,4H2;4*1-2H3;1H4.